The Morgan fingerprint density at radius 1 is 1.43 bits per heavy atom. The van der Waals surface area contributed by atoms with E-state index in [-0.39, 0.29) is 24.1 Å². The molecule has 1 aromatic heterocycles. The second-order valence-electron chi connectivity index (χ2n) is 5.19. The average Bonchev–Trinajstić information content (AvgIpc) is 2.53. The maximum Gasteiger partial charge on any atom is 0.223 e. The van der Waals surface area contributed by atoms with E-state index in [1.54, 1.807) is 25.1 Å². The minimum Gasteiger partial charge on any atom is -0.494 e. The number of hydrogen-bond acceptors (Lipinski definition) is 5. The van der Waals surface area contributed by atoms with Crippen LogP contribution < -0.4 is 15.8 Å². The van der Waals surface area contributed by atoms with Crippen LogP contribution in [0.25, 0.3) is 0 Å². The van der Waals surface area contributed by atoms with Gasteiger partial charge >= 0.3 is 0 Å². The minimum atomic E-state index is -0.439. The number of nitrogen functional groups attached to an aromatic ring is 1. The monoisotopic (exact) mass is 318 g/mol. The van der Waals surface area contributed by atoms with E-state index in [4.69, 9.17) is 10.5 Å². The molecule has 0 bridgehead atoms. The van der Waals surface area contributed by atoms with Crippen molar-refractivity contribution in [3.63, 3.8) is 0 Å². The molecule has 0 fully saturated rings. The molecular formula is C16H19FN4O2. The molecule has 1 unspecified atom stereocenters. The second kappa shape index (κ2) is 7.53. The highest BCUT2D eigenvalue weighted by Gasteiger charge is 2.15. The molecule has 3 N–H and O–H groups in total. The highest BCUT2D eigenvalue weighted by atomic mass is 19.1. The van der Waals surface area contributed by atoms with Crippen LogP contribution in [-0.2, 0) is 17.8 Å². The molecule has 1 aromatic carbocycles. The van der Waals surface area contributed by atoms with Crippen molar-refractivity contribution >= 4 is 11.7 Å². The third-order valence-corrected chi connectivity index (χ3v) is 3.35. The number of benzene rings is 1. The summed E-state index contributed by atoms with van der Waals surface area (Å²) in [5, 5.41) is 2.75. The van der Waals surface area contributed by atoms with Gasteiger partial charge in [-0.15, -0.1) is 0 Å². The van der Waals surface area contributed by atoms with Crippen LogP contribution in [0.4, 0.5) is 10.2 Å². The van der Waals surface area contributed by atoms with Gasteiger partial charge in [-0.2, -0.15) is 0 Å². The Bertz CT molecular complexity index is 694. The molecule has 0 saturated heterocycles. The Morgan fingerprint density at radius 2 is 2.22 bits per heavy atom. The number of carbonyl (C=O) groups excluding carboxylic acids is 1. The number of amides is 1. The summed E-state index contributed by atoms with van der Waals surface area (Å²) in [5.41, 5.74) is 6.28. The fraction of sp³-hybridized carbons (Fsp3) is 0.312. The zero-order valence-electron chi connectivity index (χ0n) is 13.0. The molecule has 6 nitrogen and oxygen atoms in total. The molecule has 1 heterocycles. The zero-order valence-corrected chi connectivity index (χ0v) is 13.0. The highest BCUT2D eigenvalue weighted by Crippen LogP contribution is 2.19. The molecular weight excluding hydrogens is 299 g/mol. The molecule has 0 aliphatic rings. The van der Waals surface area contributed by atoms with Crippen LogP contribution in [-0.4, -0.2) is 23.0 Å². The molecule has 0 aliphatic heterocycles. The van der Waals surface area contributed by atoms with E-state index in [1.807, 2.05) is 0 Å². The largest absolute Gasteiger partial charge is 0.494 e. The molecule has 0 radical (unpaired) electrons. The number of halogens is 1. The van der Waals surface area contributed by atoms with Gasteiger partial charge in [-0.1, -0.05) is 13.0 Å². The second-order valence-corrected chi connectivity index (χ2v) is 5.19. The van der Waals surface area contributed by atoms with E-state index < -0.39 is 5.82 Å². The van der Waals surface area contributed by atoms with Gasteiger partial charge in [-0.25, -0.2) is 14.4 Å². The third kappa shape index (κ3) is 4.64. The van der Waals surface area contributed by atoms with Crippen molar-refractivity contribution in [3.05, 3.63) is 47.7 Å². The Kier molecular flexibility index (Phi) is 5.46. The first kappa shape index (κ1) is 16.7. The number of nitrogens with two attached hydrogens (primary N) is 1. The van der Waals surface area contributed by atoms with E-state index in [1.165, 1.54) is 19.4 Å². The number of hydrogen-bond donors (Lipinski definition) is 2. The molecule has 23 heavy (non-hydrogen) atoms. The van der Waals surface area contributed by atoms with Crippen molar-refractivity contribution in [1.29, 1.82) is 0 Å². The fourth-order valence-corrected chi connectivity index (χ4v) is 2.12. The van der Waals surface area contributed by atoms with Gasteiger partial charge in [0.1, 0.15) is 11.6 Å². The first-order valence-corrected chi connectivity index (χ1v) is 7.17. The summed E-state index contributed by atoms with van der Waals surface area (Å²) in [4.78, 5) is 20.1. The van der Waals surface area contributed by atoms with Gasteiger partial charge in [0.25, 0.3) is 0 Å². The lowest BCUT2D eigenvalue weighted by Gasteiger charge is -2.12. The van der Waals surface area contributed by atoms with E-state index in [9.17, 15) is 9.18 Å². The molecule has 122 valence electrons. The van der Waals surface area contributed by atoms with Gasteiger partial charge in [0, 0.05) is 12.1 Å². The quantitative estimate of drug-likeness (QED) is 0.846. The van der Waals surface area contributed by atoms with Crippen molar-refractivity contribution in [2.75, 3.05) is 12.8 Å². The summed E-state index contributed by atoms with van der Waals surface area (Å²) < 4.78 is 18.5. The highest BCUT2D eigenvalue weighted by molar-refractivity contribution is 5.78. The number of methoxy groups -OCH3 is 1. The smallest absolute Gasteiger partial charge is 0.223 e. The SMILES string of the molecule is COc1ccc(CC(C)C(=O)NCc2nccc(N)n2)cc1F. The van der Waals surface area contributed by atoms with Crippen LogP contribution in [0.15, 0.2) is 30.5 Å². The maximum absolute atomic E-state index is 13.7. The summed E-state index contributed by atoms with van der Waals surface area (Å²) in [6.07, 6.45) is 1.96. The van der Waals surface area contributed by atoms with Crippen molar-refractivity contribution in [2.24, 2.45) is 5.92 Å². The predicted molar refractivity (Wildman–Crippen MR) is 84.1 cm³/mol. The number of nitrogens with zero attached hydrogens (tertiary/aromatic N) is 2. The Balaban J connectivity index is 1.91. The van der Waals surface area contributed by atoms with E-state index in [0.29, 0.717) is 18.1 Å². The molecule has 7 heteroatoms. The zero-order chi connectivity index (χ0) is 16.8. The van der Waals surface area contributed by atoms with Gasteiger partial charge in [-0.05, 0) is 30.2 Å². The van der Waals surface area contributed by atoms with E-state index in [2.05, 4.69) is 15.3 Å². The van der Waals surface area contributed by atoms with Crippen molar-refractivity contribution < 1.29 is 13.9 Å². The van der Waals surface area contributed by atoms with E-state index in [0.717, 1.165) is 5.56 Å². The first-order chi connectivity index (χ1) is 11.0. The Hall–Kier alpha value is -2.70. The van der Waals surface area contributed by atoms with Crippen molar-refractivity contribution in [2.45, 2.75) is 19.9 Å². The maximum atomic E-state index is 13.7. The summed E-state index contributed by atoms with van der Waals surface area (Å²) in [5.74, 6) is 0.0681. The van der Waals surface area contributed by atoms with Gasteiger partial charge in [0.15, 0.2) is 11.6 Å². The lowest BCUT2D eigenvalue weighted by molar-refractivity contribution is -0.124. The number of nitrogens with one attached hydrogen (secondary N) is 1. The normalized spacial score (nSPS) is 11.8. The number of ether oxygens (including phenoxy) is 1. The topological polar surface area (TPSA) is 90.1 Å². The van der Waals surface area contributed by atoms with Crippen LogP contribution in [0.1, 0.15) is 18.3 Å². The summed E-state index contributed by atoms with van der Waals surface area (Å²) in [6, 6.07) is 6.25. The number of rotatable bonds is 6. The number of carbonyl (C=O) groups is 1. The van der Waals surface area contributed by atoms with E-state index >= 15 is 0 Å². The molecule has 0 saturated carbocycles. The standard InChI is InChI=1S/C16H19FN4O2/c1-10(7-11-3-4-13(23-2)12(17)8-11)16(22)20-9-15-19-6-5-14(18)21-15/h3-6,8,10H,7,9H2,1-2H3,(H,20,22)(H2,18,19,21). The lowest BCUT2D eigenvalue weighted by atomic mass is 10.00. The van der Waals surface area contributed by atoms with Crippen molar-refractivity contribution in [1.82, 2.24) is 15.3 Å². The summed E-state index contributed by atoms with van der Waals surface area (Å²) in [7, 11) is 1.41. The lowest BCUT2D eigenvalue weighted by Crippen LogP contribution is -2.30. The minimum absolute atomic E-state index is 0.160. The summed E-state index contributed by atoms with van der Waals surface area (Å²) in [6.45, 7) is 1.98. The van der Waals surface area contributed by atoms with Crippen LogP contribution in [0.3, 0.4) is 0 Å². The Labute approximate surface area is 133 Å². The first-order valence-electron chi connectivity index (χ1n) is 7.17. The van der Waals surface area contributed by atoms with Gasteiger partial charge in [-0.3, -0.25) is 4.79 Å². The van der Waals surface area contributed by atoms with Crippen LogP contribution in [0.5, 0.6) is 5.75 Å². The predicted octanol–water partition coefficient (Wildman–Crippen LogP) is 1.70. The third-order valence-electron chi connectivity index (χ3n) is 3.35. The van der Waals surface area contributed by atoms with Gasteiger partial charge in [0.05, 0.1) is 13.7 Å². The van der Waals surface area contributed by atoms with Crippen LogP contribution >= 0.6 is 0 Å². The van der Waals surface area contributed by atoms with Gasteiger partial charge < -0.3 is 15.8 Å². The fourth-order valence-electron chi connectivity index (χ4n) is 2.12. The van der Waals surface area contributed by atoms with Crippen molar-refractivity contribution in [3.8, 4) is 5.75 Å². The van der Waals surface area contributed by atoms with Crippen LogP contribution in [0, 0.1) is 11.7 Å². The molecule has 0 aliphatic carbocycles. The molecule has 1 amide bonds. The molecule has 1 atom stereocenters. The van der Waals surface area contributed by atoms with Crippen LogP contribution in [0.2, 0.25) is 0 Å². The molecule has 2 rings (SSSR count). The molecule has 0 spiro atoms. The number of aromatic nitrogens is 2. The average molecular weight is 318 g/mol. The Morgan fingerprint density at radius 3 is 2.87 bits per heavy atom. The summed E-state index contributed by atoms with van der Waals surface area (Å²) >= 11 is 0. The number of anilines is 1. The molecule has 2 aromatic rings. The van der Waals surface area contributed by atoms with Gasteiger partial charge in [0.2, 0.25) is 5.91 Å².